The monoisotopic (exact) mass is 492 g/mol. The molecule has 3 aromatic rings. The molecule has 0 aliphatic carbocycles. The summed E-state index contributed by atoms with van der Waals surface area (Å²) in [6.45, 7) is 8.09. The number of para-hydroxylation sites is 1. The quantitative estimate of drug-likeness (QED) is 0.361. The van der Waals surface area contributed by atoms with Gasteiger partial charge in [0.1, 0.15) is 17.4 Å². The first-order valence-electron chi connectivity index (χ1n) is 12.4. The number of imidazole rings is 1. The van der Waals surface area contributed by atoms with Crippen LogP contribution in [0.5, 0.6) is 0 Å². The normalized spacial score (nSPS) is 15.2. The number of carbonyl (C=O) groups is 2. The van der Waals surface area contributed by atoms with Crippen LogP contribution in [0.15, 0.2) is 60.8 Å². The largest absolute Gasteiger partial charge is 0.375 e. The van der Waals surface area contributed by atoms with E-state index in [9.17, 15) is 14.0 Å². The first kappa shape index (κ1) is 25.2. The highest BCUT2D eigenvalue weighted by Crippen LogP contribution is 2.20. The number of aromatic amines is 1. The number of hydrogen-bond donors (Lipinski definition) is 4. The van der Waals surface area contributed by atoms with Crippen LogP contribution in [0.3, 0.4) is 0 Å². The number of halogens is 1. The molecular weight excluding hydrogens is 459 g/mol. The molecule has 1 fully saturated rings. The molecule has 190 valence electrons. The van der Waals surface area contributed by atoms with Gasteiger partial charge in [-0.05, 0) is 43.9 Å². The van der Waals surface area contributed by atoms with Gasteiger partial charge in [-0.1, -0.05) is 43.0 Å². The van der Waals surface area contributed by atoms with Crippen molar-refractivity contribution in [1.82, 2.24) is 30.8 Å². The molecule has 0 radical (unpaired) electrons. The van der Waals surface area contributed by atoms with E-state index >= 15 is 0 Å². The van der Waals surface area contributed by atoms with Crippen LogP contribution in [0.2, 0.25) is 0 Å². The number of hydrogen-bond acceptors (Lipinski definition) is 4. The number of piperidine rings is 1. The van der Waals surface area contributed by atoms with Crippen LogP contribution in [0.25, 0.3) is 11.0 Å². The second-order valence-electron chi connectivity index (χ2n) is 9.17. The van der Waals surface area contributed by atoms with Crippen molar-refractivity contribution in [2.45, 2.75) is 51.2 Å². The fourth-order valence-corrected chi connectivity index (χ4v) is 4.38. The Hall–Kier alpha value is -3.88. The van der Waals surface area contributed by atoms with E-state index in [-0.39, 0.29) is 17.8 Å². The topological polar surface area (TPSA) is 102 Å². The summed E-state index contributed by atoms with van der Waals surface area (Å²) in [6.07, 6.45) is 3.64. The van der Waals surface area contributed by atoms with Crippen molar-refractivity contribution in [2.75, 3.05) is 13.1 Å². The molecule has 1 aliphatic heterocycles. The Labute approximate surface area is 210 Å². The van der Waals surface area contributed by atoms with Crippen LogP contribution in [-0.2, 0) is 11.3 Å². The van der Waals surface area contributed by atoms with Crippen LogP contribution < -0.4 is 16.0 Å². The molecule has 0 unspecified atom stereocenters. The van der Waals surface area contributed by atoms with Crippen molar-refractivity contribution in [1.29, 1.82) is 0 Å². The maximum absolute atomic E-state index is 14.1. The Balaban J connectivity index is 1.43. The third-order valence-corrected chi connectivity index (χ3v) is 6.41. The summed E-state index contributed by atoms with van der Waals surface area (Å²) in [7, 11) is 0. The molecule has 2 atom stereocenters. The number of aromatic nitrogens is 2. The van der Waals surface area contributed by atoms with Gasteiger partial charge < -0.3 is 25.8 Å². The van der Waals surface area contributed by atoms with Gasteiger partial charge in [0.05, 0.1) is 11.6 Å². The third kappa shape index (κ3) is 6.41. The maximum atomic E-state index is 14.1. The Morgan fingerprint density at radius 2 is 1.83 bits per heavy atom. The first-order chi connectivity index (χ1) is 17.4. The maximum Gasteiger partial charge on any atom is 0.315 e. The second kappa shape index (κ2) is 11.7. The number of amides is 3. The van der Waals surface area contributed by atoms with Crippen molar-refractivity contribution in [3.8, 4) is 0 Å². The number of rotatable bonds is 9. The molecule has 8 nitrogen and oxygen atoms in total. The highest BCUT2D eigenvalue weighted by Gasteiger charge is 2.26. The molecule has 3 amide bonds. The van der Waals surface area contributed by atoms with E-state index in [1.54, 1.807) is 19.1 Å². The lowest BCUT2D eigenvalue weighted by Gasteiger charge is -2.32. The molecular formula is C27H33FN6O2. The van der Waals surface area contributed by atoms with Crippen LogP contribution in [0.1, 0.15) is 50.0 Å². The summed E-state index contributed by atoms with van der Waals surface area (Å²) in [5.41, 5.74) is 2.55. The van der Waals surface area contributed by atoms with E-state index in [2.05, 4.69) is 37.4 Å². The molecule has 1 aliphatic rings. The van der Waals surface area contributed by atoms with E-state index < -0.39 is 23.9 Å². The minimum Gasteiger partial charge on any atom is -0.375 e. The van der Waals surface area contributed by atoms with Gasteiger partial charge in [0, 0.05) is 31.8 Å². The Morgan fingerprint density at radius 3 is 2.56 bits per heavy atom. The van der Waals surface area contributed by atoms with Gasteiger partial charge in [0.25, 0.3) is 0 Å². The van der Waals surface area contributed by atoms with Gasteiger partial charge in [0.2, 0.25) is 5.91 Å². The number of nitrogens with zero attached hydrogens (tertiary/aromatic N) is 2. The number of nitrogens with one attached hydrogen (secondary N) is 4. The van der Waals surface area contributed by atoms with Crippen LogP contribution in [0, 0.1) is 5.82 Å². The van der Waals surface area contributed by atoms with Crippen molar-refractivity contribution < 1.29 is 14.0 Å². The predicted octanol–water partition coefficient (Wildman–Crippen LogP) is 4.14. The standard InChI is InChI=1S/C27H33FN6O2/c1-18(34-14-7-4-8-15-34)16-23(32-27(36)29-17-20-10-5-3-6-11-20)26(35)30-19(2)25-31-22-13-9-12-21(28)24(22)33-25/h3,5-6,9-13,19,23H,1,4,7-8,14-17H2,2H3,(H,30,35)(H,31,33)(H2,29,32,36)/t19-,23-/m0/s1. The molecule has 1 saturated heterocycles. The predicted molar refractivity (Wildman–Crippen MR) is 137 cm³/mol. The number of fused-ring (bicyclic) bond motifs is 1. The molecule has 36 heavy (non-hydrogen) atoms. The summed E-state index contributed by atoms with van der Waals surface area (Å²) >= 11 is 0. The second-order valence-corrected chi connectivity index (χ2v) is 9.17. The molecule has 0 spiro atoms. The zero-order valence-electron chi connectivity index (χ0n) is 20.5. The van der Waals surface area contributed by atoms with Gasteiger partial charge in [-0.3, -0.25) is 4.79 Å². The fourth-order valence-electron chi connectivity index (χ4n) is 4.38. The fraction of sp³-hybridized carbons (Fsp3) is 0.370. The van der Waals surface area contributed by atoms with Crippen LogP contribution in [-0.4, -0.2) is 45.9 Å². The van der Waals surface area contributed by atoms with Crippen molar-refractivity contribution in [3.63, 3.8) is 0 Å². The van der Waals surface area contributed by atoms with E-state index in [1.165, 1.54) is 12.5 Å². The smallest absolute Gasteiger partial charge is 0.315 e. The molecule has 2 heterocycles. The first-order valence-corrected chi connectivity index (χ1v) is 12.4. The average Bonchev–Trinajstić information content (AvgIpc) is 3.34. The van der Waals surface area contributed by atoms with Gasteiger partial charge in [-0.15, -0.1) is 0 Å². The minimum atomic E-state index is -0.834. The Kier molecular flexibility index (Phi) is 8.20. The lowest BCUT2D eigenvalue weighted by molar-refractivity contribution is -0.123. The number of urea groups is 1. The lowest BCUT2D eigenvalue weighted by atomic mass is 10.1. The average molecular weight is 493 g/mol. The minimum absolute atomic E-state index is 0.224. The molecule has 9 heteroatoms. The lowest BCUT2D eigenvalue weighted by Crippen LogP contribution is -2.51. The number of likely N-dealkylation sites (tertiary alicyclic amines) is 1. The highest BCUT2D eigenvalue weighted by molar-refractivity contribution is 5.87. The van der Waals surface area contributed by atoms with Crippen LogP contribution >= 0.6 is 0 Å². The molecule has 4 N–H and O–H groups in total. The summed E-state index contributed by atoms with van der Waals surface area (Å²) in [4.78, 5) is 35.6. The third-order valence-electron chi connectivity index (χ3n) is 6.41. The van der Waals surface area contributed by atoms with Crippen molar-refractivity contribution >= 4 is 23.0 Å². The van der Waals surface area contributed by atoms with Gasteiger partial charge in [-0.25, -0.2) is 14.2 Å². The number of carbonyl (C=O) groups excluding carboxylic acids is 2. The number of benzene rings is 2. The summed E-state index contributed by atoms with van der Waals surface area (Å²) < 4.78 is 14.1. The molecule has 2 aromatic carbocycles. The SMILES string of the molecule is C=C(C[C@H](NC(=O)NCc1ccccc1)C(=O)N[C@@H](C)c1nc2c(F)cccc2[nH]1)N1CCCCC1. The van der Waals surface area contributed by atoms with Crippen molar-refractivity contribution in [3.05, 3.63) is 78.0 Å². The molecule has 0 saturated carbocycles. The Bertz CT molecular complexity index is 1210. The van der Waals surface area contributed by atoms with Crippen molar-refractivity contribution in [2.24, 2.45) is 0 Å². The van der Waals surface area contributed by atoms with Gasteiger partial charge in [0.15, 0.2) is 5.82 Å². The zero-order chi connectivity index (χ0) is 25.5. The van der Waals surface area contributed by atoms with Gasteiger partial charge in [-0.2, -0.15) is 0 Å². The van der Waals surface area contributed by atoms with E-state index in [1.807, 2.05) is 30.3 Å². The Morgan fingerprint density at radius 1 is 1.08 bits per heavy atom. The van der Waals surface area contributed by atoms with E-state index in [0.717, 1.165) is 37.2 Å². The number of H-pyrrole nitrogens is 1. The van der Waals surface area contributed by atoms with E-state index in [0.29, 0.717) is 17.9 Å². The summed E-state index contributed by atoms with van der Waals surface area (Å²) in [5, 5.41) is 8.53. The summed E-state index contributed by atoms with van der Waals surface area (Å²) in [6, 6.07) is 12.4. The van der Waals surface area contributed by atoms with E-state index in [4.69, 9.17) is 0 Å². The van der Waals surface area contributed by atoms with Gasteiger partial charge >= 0.3 is 6.03 Å². The molecule has 0 bridgehead atoms. The molecule has 1 aromatic heterocycles. The molecule has 4 rings (SSSR count). The highest BCUT2D eigenvalue weighted by atomic mass is 19.1. The van der Waals surface area contributed by atoms with Crippen LogP contribution in [0.4, 0.5) is 9.18 Å². The summed E-state index contributed by atoms with van der Waals surface area (Å²) in [5.74, 6) is -0.358. The zero-order valence-corrected chi connectivity index (χ0v) is 20.5.